The molecule has 1 amide bonds. The number of benzene rings is 2. The molecule has 2 rings (SSSR count). The predicted molar refractivity (Wildman–Crippen MR) is 89.9 cm³/mol. The highest BCUT2D eigenvalue weighted by molar-refractivity contribution is 9.10. The smallest absolute Gasteiger partial charge is 0.221 e. The van der Waals surface area contributed by atoms with E-state index >= 15 is 0 Å². The van der Waals surface area contributed by atoms with E-state index in [4.69, 9.17) is 0 Å². The predicted octanol–water partition coefficient (Wildman–Crippen LogP) is 4.38. The van der Waals surface area contributed by atoms with Crippen molar-refractivity contribution < 1.29 is 9.59 Å². The van der Waals surface area contributed by atoms with E-state index < -0.39 is 0 Å². The summed E-state index contributed by atoms with van der Waals surface area (Å²) in [6.45, 7) is 1.47. The lowest BCUT2D eigenvalue weighted by molar-refractivity contribution is -0.114. The number of anilines is 1. The molecule has 108 valence electrons. The summed E-state index contributed by atoms with van der Waals surface area (Å²) in [6.07, 6.45) is 0. The third kappa shape index (κ3) is 4.72. The molecule has 1 N–H and O–H groups in total. The molecule has 21 heavy (non-hydrogen) atoms. The molecule has 0 radical (unpaired) electrons. The number of halogens is 1. The van der Waals surface area contributed by atoms with E-state index in [9.17, 15) is 9.59 Å². The normalized spacial score (nSPS) is 10.2. The van der Waals surface area contributed by atoms with Gasteiger partial charge in [0.05, 0.1) is 5.75 Å². The lowest BCUT2D eigenvalue weighted by Gasteiger charge is -2.05. The van der Waals surface area contributed by atoms with Gasteiger partial charge in [0.1, 0.15) is 0 Å². The average molecular weight is 364 g/mol. The Morgan fingerprint density at radius 2 is 1.76 bits per heavy atom. The van der Waals surface area contributed by atoms with Crippen LogP contribution in [-0.4, -0.2) is 17.4 Å². The molecule has 0 aliphatic rings. The summed E-state index contributed by atoms with van der Waals surface area (Å²) >= 11 is 4.86. The van der Waals surface area contributed by atoms with Crippen molar-refractivity contribution in [3.05, 3.63) is 58.6 Å². The Labute approximate surface area is 136 Å². The van der Waals surface area contributed by atoms with Crippen molar-refractivity contribution in [2.24, 2.45) is 0 Å². The molecule has 0 bridgehead atoms. The Kier molecular flexibility index (Phi) is 5.59. The zero-order valence-corrected chi connectivity index (χ0v) is 13.8. The summed E-state index contributed by atoms with van der Waals surface area (Å²) < 4.78 is 0.816. The summed E-state index contributed by atoms with van der Waals surface area (Å²) in [6, 6.07) is 14.8. The van der Waals surface area contributed by atoms with Gasteiger partial charge in [0.2, 0.25) is 5.91 Å². The van der Waals surface area contributed by atoms with Gasteiger partial charge in [-0.05, 0) is 30.3 Å². The highest BCUT2D eigenvalue weighted by Crippen LogP contribution is 2.23. The van der Waals surface area contributed by atoms with Crippen LogP contribution in [0.3, 0.4) is 0 Å². The Balaban J connectivity index is 1.95. The van der Waals surface area contributed by atoms with Gasteiger partial charge in [0.15, 0.2) is 5.78 Å². The van der Waals surface area contributed by atoms with Gasteiger partial charge in [-0.15, -0.1) is 11.8 Å². The monoisotopic (exact) mass is 363 g/mol. The number of thioether (sulfide) groups is 1. The van der Waals surface area contributed by atoms with Crippen molar-refractivity contribution in [1.29, 1.82) is 0 Å². The molecular formula is C16H14BrNO2S. The second-order valence-electron chi connectivity index (χ2n) is 4.40. The molecule has 0 aliphatic heterocycles. The molecular weight excluding hydrogens is 350 g/mol. The first-order valence-corrected chi connectivity index (χ1v) is 8.12. The van der Waals surface area contributed by atoms with E-state index in [1.54, 1.807) is 0 Å². The number of rotatable bonds is 5. The zero-order chi connectivity index (χ0) is 15.2. The Morgan fingerprint density at radius 3 is 2.38 bits per heavy atom. The fraction of sp³-hybridized carbons (Fsp3) is 0.125. The van der Waals surface area contributed by atoms with Gasteiger partial charge in [-0.25, -0.2) is 0 Å². The van der Waals surface area contributed by atoms with E-state index in [1.165, 1.54) is 18.7 Å². The van der Waals surface area contributed by atoms with Crippen LogP contribution in [0.2, 0.25) is 0 Å². The Hall–Kier alpha value is -1.59. The van der Waals surface area contributed by atoms with Gasteiger partial charge >= 0.3 is 0 Å². The minimum Gasteiger partial charge on any atom is -0.326 e. The lowest BCUT2D eigenvalue weighted by Crippen LogP contribution is -2.05. The third-order valence-electron chi connectivity index (χ3n) is 2.72. The molecule has 5 heteroatoms. The van der Waals surface area contributed by atoms with Crippen molar-refractivity contribution in [3.8, 4) is 0 Å². The van der Waals surface area contributed by atoms with Crippen LogP contribution >= 0.6 is 27.7 Å². The first-order chi connectivity index (χ1) is 10.1. The first-order valence-electron chi connectivity index (χ1n) is 6.34. The van der Waals surface area contributed by atoms with Gasteiger partial charge in [0, 0.05) is 27.5 Å². The summed E-state index contributed by atoms with van der Waals surface area (Å²) in [7, 11) is 0. The number of Topliss-reactive ketones (excluding diaryl/α,β-unsaturated/α-hetero) is 1. The van der Waals surface area contributed by atoms with Crippen molar-refractivity contribution >= 4 is 45.1 Å². The Morgan fingerprint density at radius 1 is 1.10 bits per heavy atom. The second-order valence-corrected chi connectivity index (χ2v) is 6.30. The molecule has 3 nitrogen and oxygen atoms in total. The number of carbonyl (C=O) groups is 2. The number of hydrogen-bond acceptors (Lipinski definition) is 3. The molecule has 0 aliphatic carbocycles. The molecule has 0 fully saturated rings. The van der Waals surface area contributed by atoms with Gasteiger partial charge in [-0.2, -0.15) is 0 Å². The van der Waals surface area contributed by atoms with Crippen molar-refractivity contribution in [1.82, 2.24) is 0 Å². The first kappa shape index (κ1) is 15.8. The van der Waals surface area contributed by atoms with Crippen LogP contribution in [0.1, 0.15) is 17.3 Å². The minimum atomic E-state index is -0.0977. The topological polar surface area (TPSA) is 46.2 Å². The Bertz CT molecular complexity index is 656. The van der Waals surface area contributed by atoms with Crippen molar-refractivity contribution in [2.45, 2.75) is 11.8 Å². The quantitative estimate of drug-likeness (QED) is 0.633. The number of ketones is 1. The largest absolute Gasteiger partial charge is 0.326 e. The van der Waals surface area contributed by atoms with Crippen LogP contribution in [0.15, 0.2) is 57.9 Å². The summed E-state index contributed by atoms with van der Waals surface area (Å²) in [4.78, 5) is 24.1. The lowest BCUT2D eigenvalue weighted by atomic mass is 10.1. The number of carbonyl (C=O) groups excluding carboxylic acids is 2. The van der Waals surface area contributed by atoms with E-state index in [1.807, 2.05) is 48.5 Å². The number of nitrogens with one attached hydrogen (secondary N) is 1. The average Bonchev–Trinajstić information content (AvgIpc) is 2.46. The fourth-order valence-electron chi connectivity index (χ4n) is 1.75. The molecule has 0 atom stereocenters. The number of amides is 1. The molecule has 0 aromatic heterocycles. The number of hydrogen-bond donors (Lipinski definition) is 1. The van der Waals surface area contributed by atoms with Gasteiger partial charge in [-0.1, -0.05) is 34.1 Å². The maximum atomic E-state index is 12.1. The molecule has 0 heterocycles. The van der Waals surface area contributed by atoms with Gasteiger partial charge in [-0.3, -0.25) is 9.59 Å². The minimum absolute atomic E-state index is 0.0819. The summed E-state index contributed by atoms with van der Waals surface area (Å²) in [5.74, 6) is 0.361. The van der Waals surface area contributed by atoms with Crippen molar-refractivity contribution in [3.63, 3.8) is 0 Å². The maximum Gasteiger partial charge on any atom is 0.221 e. The molecule has 2 aromatic carbocycles. The van der Waals surface area contributed by atoms with Crippen LogP contribution in [0.25, 0.3) is 0 Å². The third-order valence-corrected chi connectivity index (χ3v) is 4.42. The summed E-state index contributed by atoms with van der Waals surface area (Å²) in [5, 5.41) is 2.71. The molecule has 0 saturated carbocycles. The molecule has 0 unspecified atom stereocenters. The summed E-state index contributed by atoms with van der Waals surface area (Å²) in [5.41, 5.74) is 1.45. The molecule has 2 aromatic rings. The second kappa shape index (κ2) is 7.43. The van der Waals surface area contributed by atoms with E-state index in [-0.39, 0.29) is 11.7 Å². The van der Waals surface area contributed by atoms with Crippen LogP contribution in [0.5, 0.6) is 0 Å². The molecule has 0 saturated heterocycles. The van der Waals surface area contributed by atoms with E-state index in [2.05, 4.69) is 21.2 Å². The highest BCUT2D eigenvalue weighted by Gasteiger charge is 2.09. The standard InChI is InChI=1S/C16H14BrNO2S/c1-11(19)18-12-6-8-13(9-7-12)21-10-16(20)14-4-2-3-5-15(14)17/h2-9H,10H2,1H3,(H,18,19). The van der Waals surface area contributed by atoms with Crippen LogP contribution < -0.4 is 5.32 Å². The fourth-order valence-corrected chi connectivity index (χ4v) is 3.04. The van der Waals surface area contributed by atoms with Crippen LogP contribution in [0.4, 0.5) is 5.69 Å². The van der Waals surface area contributed by atoms with Gasteiger partial charge in [0.25, 0.3) is 0 Å². The zero-order valence-electron chi connectivity index (χ0n) is 11.4. The SMILES string of the molecule is CC(=O)Nc1ccc(SCC(=O)c2ccccc2Br)cc1. The molecule has 0 spiro atoms. The van der Waals surface area contributed by atoms with Gasteiger partial charge < -0.3 is 5.32 Å². The van der Waals surface area contributed by atoms with Crippen LogP contribution in [-0.2, 0) is 4.79 Å². The van der Waals surface area contributed by atoms with Crippen LogP contribution in [0, 0.1) is 0 Å². The highest BCUT2D eigenvalue weighted by atomic mass is 79.9. The maximum absolute atomic E-state index is 12.1. The van der Waals surface area contributed by atoms with E-state index in [0.717, 1.165) is 15.1 Å². The van der Waals surface area contributed by atoms with Crippen molar-refractivity contribution in [2.75, 3.05) is 11.1 Å². The van der Waals surface area contributed by atoms with E-state index in [0.29, 0.717) is 11.3 Å².